The van der Waals surface area contributed by atoms with Crippen LogP contribution in [-0.2, 0) is 16.1 Å². The molecule has 1 aromatic carbocycles. The molecule has 1 aromatic rings. The van der Waals surface area contributed by atoms with Gasteiger partial charge in [-0.3, -0.25) is 4.79 Å². The summed E-state index contributed by atoms with van der Waals surface area (Å²) < 4.78 is 6.47. The molecule has 0 aromatic heterocycles. The third-order valence-electron chi connectivity index (χ3n) is 4.06. The van der Waals surface area contributed by atoms with Crippen LogP contribution in [0.1, 0.15) is 39.2 Å². The molecule has 2 atom stereocenters. The zero-order chi connectivity index (χ0) is 15.5. The first kappa shape index (κ1) is 16.0. The SMILES string of the molecule is CC(C)(C)OC(=O)CC1CC[N+](C)(Cc2ccccc2)C1. The minimum atomic E-state index is -0.377. The fourth-order valence-electron chi connectivity index (χ4n) is 3.25. The van der Waals surface area contributed by atoms with E-state index >= 15 is 0 Å². The Hall–Kier alpha value is -1.35. The van der Waals surface area contributed by atoms with Gasteiger partial charge in [-0.1, -0.05) is 30.3 Å². The summed E-state index contributed by atoms with van der Waals surface area (Å²) in [6.07, 6.45) is 1.67. The second-order valence-electron chi connectivity index (χ2n) is 7.61. The van der Waals surface area contributed by atoms with Crippen molar-refractivity contribution in [2.24, 2.45) is 5.92 Å². The van der Waals surface area contributed by atoms with E-state index in [1.165, 1.54) is 5.56 Å². The van der Waals surface area contributed by atoms with Crippen LogP contribution in [0.25, 0.3) is 0 Å². The lowest BCUT2D eigenvalue weighted by Gasteiger charge is -2.30. The number of likely N-dealkylation sites (tertiary alicyclic amines) is 1. The maximum Gasteiger partial charge on any atom is 0.306 e. The fourth-order valence-corrected chi connectivity index (χ4v) is 3.25. The molecule has 0 radical (unpaired) electrons. The number of nitrogens with zero attached hydrogens (tertiary/aromatic N) is 1. The summed E-state index contributed by atoms with van der Waals surface area (Å²) in [4.78, 5) is 12.0. The summed E-state index contributed by atoms with van der Waals surface area (Å²) in [6.45, 7) is 9.03. The molecule has 0 amide bonds. The summed E-state index contributed by atoms with van der Waals surface area (Å²) in [7, 11) is 2.29. The van der Waals surface area contributed by atoms with Crippen LogP contribution in [0.3, 0.4) is 0 Å². The summed E-state index contributed by atoms with van der Waals surface area (Å²) >= 11 is 0. The molecule has 0 bridgehead atoms. The van der Waals surface area contributed by atoms with Gasteiger partial charge in [0.1, 0.15) is 12.1 Å². The third kappa shape index (κ3) is 5.16. The lowest BCUT2D eigenvalue weighted by molar-refractivity contribution is -0.912. The fraction of sp³-hybridized carbons (Fsp3) is 0.611. The molecule has 0 N–H and O–H groups in total. The van der Waals surface area contributed by atoms with Crippen molar-refractivity contribution in [2.75, 3.05) is 20.1 Å². The largest absolute Gasteiger partial charge is 0.460 e. The van der Waals surface area contributed by atoms with Gasteiger partial charge in [0.05, 0.1) is 26.6 Å². The van der Waals surface area contributed by atoms with Crippen LogP contribution in [0.4, 0.5) is 0 Å². The van der Waals surface area contributed by atoms with Crippen LogP contribution < -0.4 is 0 Å². The molecule has 1 saturated heterocycles. The van der Waals surface area contributed by atoms with Gasteiger partial charge in [0.25, 0.3) is 0 Å². The highest BCUT2D eigenvalue weighted by atomic mass is 16.6. The minimum absolute atomic E-state index is 0.0549. The Labute approximate surface area is 128 Å². The number of ether oxygens (including phenoxy) is 1. The Morgan fingerprint density at radius 1 is 1.29 bits per heavy atom. The number of hydrogen-bond acceptors (Lipinski definition) is 2. The number of hydrogen-bond donors (Lipinski definition) is 0. The predicted molar refractivity (Wildman–Crippen MR) is 84.6 cm³/mol. The lowest BCUT2D eigenvalue weighted by Crippen LogP contribution is -2.40. The van der Waals surface area contributed by atoms with Gasteiger partial charge in [-0.2, -0.15) is 0 Å². The Bertz CT molecular complexity index is 478. The zero-order valence-electron chi connectivity index (χ0n) is 13.8. The first-order chi connectivity index (χ1) is 9.76. The molecule has 116 valence electrons. The number of carbonyl (C=O) groups excluding carboxylic acids is 1. The topological polar surface area (TPSA) is 26.3 Å². The van der Waals surface area contributed by atoms with Crippen molar-refractivity contribution in [1.29, 1.82) is 0 Å². The van der Waals surface area contributed by atoms with Crippen molar-refractivity contribution in [3.8, 4) is 0 Å². The lowest BCUT2D eigenvalue weighted by atomic mass is 10.0. The molecule has 0 saturated carbocycles. The minimum Gasteiger partial charge on any atom is -0.460 e. The van der Waals surface area contributed by atoms with E-state index in [-0.39, 0.29) is 11.6 Å². The monoisotopic (exact) mass is 290 g/mol. The second kappa shape index (κ2) is 6.18. The normalized spacial score (nSPS) is 25.8. The van der Waals surface area contributed by atoms with E-state index < -0.39 is 0 Å². The van der Waals surface area contributed by atoms with Crippen LogP contribution in [0.2, 0.25) is 0 Å². The summed E-state index contributed by atoms with van der Waals surface area (Å²) in [5.41, 5.74) is 0.996. The molecule has 1 aliphatic rings. The van der Waals surface area contributed by atoms with Gasteiger partial charge >= 0.3 is 5.97 Å². The van der Waals surface area contributed by atoms with E-state index in [1.54, 1.807) is 0 Å². The summed E-state index contributed by atoms with van der Waals surface area (Å²) in [6, 6.07) is 10.6. The molecule has 0 spiro atoms. The Kier molecular flexibility index (Phi) is 4.72. The molecule has 3 nitrogen and oxygen atoms in total. The third-order valence-corrected chi connectivity index (χ3v) is 4.06. The van der Waals surface area contributed by atoms with Gasteiger partial charge in [0, 0.05) is 17.9 Å². The maximum absolute atomic E-state index is 12.0. The van der Waals surface area contributed by atoms with Crippen molar-refractivity contribution in [3.63, 3.8) is 0 Å². The van der Waals surface area contributed by atoms with Gasteiger partial charge < -0.3 is 9.22 Å². The van der Waals surface area contributed by atoms with Crippen LogP contribution in [0.15, 0.2) is 30.3 Å². The van der Waals surface area contributed by atoms with Crippen LogP contribution in [0.5, 0.6) is 0 Å². The highest BCUT2D eigenvalue weighted by molar-refractivity contribution is 5.70. The molecule has 21 heavy (non-hydrogen) atoms. The molecular formula is C18H28NO2+. The summed E-state index contributed by atoms with van der Waals surface area (Å²) in [5, 5.41) is 0. The number of esters is 1. The van der Waals surface area contributed by atoms with Crippen LogP contribution in [0, 0.1) is 5.92 Å². The van der Waals surface area contributed by atoms with Crippen molar-refractivity contribution < 1.29 is 14.0 Å². The Balaban J connectivity index is 1.86. The van der Waals surface area contributed by atoms with Gasteiger partial charge in [0.15, 0.2) is 0 Å². The molecule has 3 heteroatoms. The van der Waals surface area contributed by atoms with E-state index in [9.17, 15) is 4.79 Å². The van der Waals surface area contributed by atoms with Gasteiger partial charge in [-0.25, -0.2) is 0 Å². The molecule has 2 unspecified atom stereocenters. The average Bonchev–Trinajstić information content (AvgIpc) is 2.69. The van der Waals surface area contributed by atoms with E-state index in [1.807, 2.05) is 20.8 Å². The quantitative estimate of drug-likeness (QED) is 0.627. The van der Waals surface area contributed by atoms with Crippen LogP contribution >= 0.6 is 0 Å². The van der Waals surface area contributed by atoms with E-state index in [0.29, 0.717) is 12.3 Å². The molecule has 2 rings (SSSR count). The molecular weight excluding hydrogens is 262 g/mol. The molecule has 1 aliphatic heterocycles. The highest BCUT2D eigenvalue weighted by Crippen LogP contribution is 2.28. The van der Waals surface area contributed by atoms with E-state index in [4.69, 9.17) is 4.74 Å². The van der Waals surface area contributed by atoms with Crippen molar-refractivity contribution in [3.05, 3.63) is 35.9 Å². The van der Waals surface area contributed by atoms with Crippen molar-refractivity contribution >= 4 is 5.97 Å². The highest BCUT2D eigenvalue weighted by Gasteiger charge is 2.36. The average molecular weight is 290 g/mol. The maximum atomic E-state index is 12.0. The Morgan fingerprint density at radius 3 is 2.57 bits per heavy atom. The summed E-state index contributed by atoms with van der Waals surface area (Å²) in [5.74, 6) is 0.397. The number of benzene rings is 1. The predicted octanol–water partition coefficient (Wildman–Crippen LogP) is 3.38. The number of rotatable bonds is 4. The number of quaternary nitrogens is 1. The Morgan fingerprint density at radius 2 is 1.95 bits per heavy atom. The van der Waals surface area contributed by atoms with Gasteiger partial charge in [0.2, 0.25) is 0 Å². The molecule has 1 heterocycles. The van der Waals surface area contributed by atoms with Gasteiger partial charge in [-0.15, -0.1) is 0 Å². The van der Waals surface area contributed by atoms with E-state index in [2.05, 4.69) is 37.4 Å². The number of carbonyl (C=O) groups is 1. The first-order valence-electron chi connectivity index (χ1n) is 7.85. The first-order valence-corrected chi connectivity index (χ1v) is 7.85. The smallest absolute Gasteiger partial charge is 0.306 e. The standard InChI is InChI=1S/C18H28NO2/c1-18(2,3)21-17(20)12-16-10-11-19(4,14-16)13-15-8-6-5-7-9-15/h5-9,16H,10-14H2,1-4H3/q+1. The molecule has 0 aliphatic carbocycles. The van der Waals surface area contributed by atoms with Gasteiger partial charge in [-0.05, 0) is 20.8 Å². The zero-order valence-corrected chi connectivity index (χ0v) is 13.8. The second-order valence-corrected chi connectivity index (χ2v) is 7.61. The van der Waals surface area contributed by atoms with Crippen molar-refractivity contribution in [2.45, 2.75) is 45.8 Å². The van der Waals surface area contributed by atoms with E-state index in [0.717, 1.165) is 30.5 Å². The van der Waals surface area contributed by atoms with Crippen molar-refractivity contribution in [1.82, 2.24) is 0 Å². The molecule has 1 fully saturated rings. The van der Waals surface area contributed by atoms with Crippen LogP contribution in [-0.4, -0.2) is 36.2 Å².